The second-order valence-electron chi connectivity index (χ2n) is 6.47. The molecule has 0 amide bonds. The molecular formula is C20H22N2O. The molecule has 2 heterocycles. The molecule has 0 radical (unpaired) electrons. The van der Waals surface area contributed by atoms with Crippen LogP contribution >= 0.6 is 0 Å². The van der Waals surface area contributed by atoms with Crippen LogP contribution in [0.25, 0.3) is 0 Å². The van der Waals surface area contributed by atoms with Gasteiger partial charge in [0.25, 0.3) is 0 Å². The van der Waals surface area contributed by atoms with Gasteiger partial charge in [0.05, 0.1) is 12.1 Å². The average Bonchev–Trinajstić information content (AvgIpc) is 3.27. The number of hydrogen-bond acceptors (Lipinski definition) is 3. The van der Waals surface area contributed by atoms with E-state index in [1.165, 1.54) is 24.0 Å². The van der Waals surface area contributed by atoms with Gasteiger partial charge in [-0.1, -0.05) is 65.8 Å². The summed E-state index contributed by atoms with van der Waals surface area (Å²) in [5.74, 6) is 0. The Kier molecular flexibility index (Phi) is 3.88. The topological polar surface area (TPSA) is 24.8 Å². The van der Waals surface area contributed by atoms with Gasteiger partial charge < -0.3 is 4.84 Å². The number of likely N-dealkylation sites (tertiary alicyclic amines) is 1. The molecule has 1 unspecified atom stereocenters. The summed E-state index contributed by atoms with van der Waals surface area (Å²) in [6.07, 6.45) is 4.24. The molecule has 0 aromatic heterocycles. The first-order chi connectivity index (χ1) is 11.4. The van der Waals surface area contributed by atoms with Crippen LogP contribution < -0.4 is 0 Å². The monoisotopic (exact) mass is 306 g/mol. The highest BCUT2D eigenvalue weighted by Crippen LogP contribution is 2.36. The summed E-state index contributed by atoms with van der Waals surface area (Å²) in [6.45, 7) is 2.20. The number of rotatable bonds is 4. The van der Waals surface area contributed by atoms with E-state index in [0.717, 1.165) is 31.6 Å². The number of benzene rings is 2. The molecule has 0 spiro atoms. The Morgan fingerprint density at radius 2 is 1.57 bits per heavy atom. The van der Waals surface area contributed by atoms with Gasteiger partial charge in [-0.2, -0.15) is 0 Å². The fourth-order valence-corrected chi connectivity index (χ4v) is 3.67. The molecule has 3 nitrogen and oxygen atoms in total. The largest absolute Gasteiger partial charge is 0.372 e. The fraction of sp³-hybridized carbons (Fsp3) is 0.350. The minimum Gasteiger partial charge on any atom is -0.372 e. The summed E-state index contributed by atoms with van der Waals surface area (Å²) in [4.78, 5) is 8.59. The van der Waals surface area contributed by atoms with Crippen molar-refractivity contribution in [2.45, 2.75) is 31.4 Å². The fourth-order valence-electron chi connectivity index (χ4n) is 3.67. The zero-order chi connectivity index (χ0) is 15.5. The maximum Gasteiger partial charge on any atom is 0.201 e. The normalized spacial score (nSPS) is 24.4. The molecule has 2 aromatic rings. The van der Waals surface area contributed by atoms with Crippen molar-refractivity contribution < 1.29 is 4.84 Å². The van der Waals surface area contributed by atoms with Crippen molar-refractivity contribution in [3.05, 3.63) is 71.8 Å². The highest BCUT2D eigenvalue weighted by atomic mass is 16.7. The van der Waals surface area contributed by atoms with E-state index in [9.17, 15) is 0 Å². The minimum atomic E-state index is -0.316. The van der Waals surface area contributed by atoms with Crippen molar-refractivity contribution in [3.63, 3.8) is 0 Å². The van der Waals surface area contributed by atoms with Crippen LogP contribution in [0.1, 0.15) is 30.4 Å². The Morgan fingerprint density at radius 1 is 0.913 bits per heavy atom. The summed E-state index contributed by atoms with van der Waals surface area (Å²) in [6, 6.07) is 21.0. The van der Waals surface area contributed by atoms with Gasteiger partial charge in [-0.15, -0.1) is 0 Å². The molecule has 0 N–H and O–H groups in total. The maximum atomic E-state index is 6.11. The predicted molar refractivity (Wildman–Crippen MR) is 92.4 cm³/mol. The van der Waals surface area contributed by atoms with Crippen LogP contribution in [-0.4, -0.2) is 29.4 Å². The molecule has 0 saturated carbocycles. The second kappa shape index (κ2) is 6.17. The first-order valence-corrected chi connectivity index (χ1v) is 8.45. The van der Waals surface area contributed by atoms with Gasteiger partial charge in [0, 0.05) is 19.5 Å². The van der Waals surface area contributed by atoms with Gasteiger partial charge in [-0.25, -0.2) is 0 Å². The van der Waals surface area contributed by atoms with Gasteiger partial charge in [-0.05, 0) is 24.0 Å². The molecule has 0 aliphatic carbocycles. The van der Waals surface area contributed by atoms with Crippen LogP contribution in [0.4, 0.5) is 0 Å². The quantitative estimate of drug-likeness (QED) is 0.857. The highest BCUT2D eigenvalue weighted by Gasteiger charge is 2.45. The summed E-state index contributed by atoms with van der Waals surface area (Å²) in [7, 11) is 0. The third kappa shape index (κ3) is 2.89. The van der Waals surface area contributed by atoms with Crippen LogP contribution in [0.2, 0.25) is 0 Å². The summed E-state index contributed by atoms with van der Waals surface area (Å²) < 4.78 is 0. The third-order valence-corrected chi connectivity index (χ3v) is 4.88. The van der Waals surface area contributed by atoms with Crippen molar-refractivity contribution >= 4 is 5.71 Å². The SMILES string of the molecule is c1ccc(CC2(N3CCCC3)CC(c3ccccc3)=NO2)cc1. The molecule has 1 fully saturated rings. The Balaban J connectivity index is 1.61. The van der Waals surface area contributed by atoms with Gasteiger partial charge in [0.1, 0.15) is 0 Å². The van der Waals surface area contributed by atoms with E-state index < -0.39 is 0 Å². The Labute approximate surface area is 137 Å². The first-order valence-electron chi connectivity index (χ1n) is 8.45. The van der Waals surface area contributed by atoms with Gasteiger partial charge >= 0.3 is 0 Å². The molecule has 2 aliphatic rings. The van der Waals surface area contributed by atoms with Crippen molar-refractivity contribution in [1.82, 2.24) is 4.90 Å². The molecule has 1 atom stereocenters. The standard InChI is InChI=1S/C20H22N2O/c1-3-9-17(10-4-1)15-20(22-13-7-8-14-22)16-19(21-23-20)18-11-5-2-6-12-18/h1-6,9-12H,7-8,13-16H2. The number of oxime groups is 1. The molecule has 4 rings (SSSR count). The molecule has 2 aromatic carbocycles. The van der Waals surface area contributed by atoms with Crippen LogP contribution in [0, 0.1) is 0 Å². The zero-order valence-corrected chi connectivity index (χ0v) is 13.3. The molecule has 118 valence electrons. The van der Waals surface area contributed by atoms with E-state index in [1.54, 1.807) is 0 Å². The van der Waals surface area contributed by atoms with E-state index in [-0.39, 0.29) is 5.72 Å². The van der Waals surface area contributed by atoms with Gasteiger partial charge in [-0.3, -0.25) is 4.90 Å². The Hall–Kier alpha value is -2.13. The molecular weight excluding hydrogens is 284 g/mol. The van der Waals surface area contributed by atoms with Gasteiger partial charge in [0.2, 0.25) is 5.72 Å². The average molecular weight is 306 g/mol. The van der Waals surface area contributed by atoms with E-state index in [0.29, 0.717) is 0 Å². The lowest BCUT2D eigenvalue weighted by Crippen LogP contribution is -2.49. The second-order valence-corrected chi connectivity index (χ2v) is 6.47. The van der Waals surface area contributed by atoms with E-state index in [4.69, 9.17) is 4.84 Å². The van der Waals surface area contributed by atoms with Crippen LogP contribution in [0.15, 0.2) is 65.8 Å². The lowest BCUT2D eigenvalue weighted by molar-refractivity contribution is -0.128. The lowest BCUT2D eigenvalue weighted by atomic mass is 9.93. The van der Waals surface area contributed by atoms with Crippen LogP contribution in [0.5, 0.6) is 0 Å². The first kappa shape index (κ1) is 14.5. The summed E-state index contributed by atoms with van der Waals surface area (Å²) in [5, 5.41) is 4.48. The Bertz CT molecular complexity index is 677. The van der Waals surface area contributed by atoms with E-state index in [1.807, 2.05) is 6.07 Å². The molecule has 0 bridgehead atoms. The molecule has 3 heteroatoms. The van der Waals surface area contributed by atoms with Gasteiger partial charge in [0.15, 0.2) is 0 Å². The van der Waals surface area contributed by atoms with Crippen molar-refractivity contribution in [1.29, 1.82) is 0 Å². The summed E-state index contributed by atoms with van der Waals surface area (Å²) >= 11 is 0. The lowest BCUT2D eigenvalue weighted by Gasteiger charge is -2.36. The molecule has 23 heavy (non-hydrogen) atoms. The third-order valence-electron chi connectivity index (χ3n) is 4.88. The van der Waals surface area contributed by atoms with Crippen molar-refractivity contribution in [3.8, 4) is 0 Å². The van der Waals surface area contributed by atoms with Crippen LogP contribution in [-0.2, 0) is 11.3 Å². The molecule has 2 aliphatic heterocycles. The Morgan fingerprint density at radius 3 is 2.26 bits per heavy atom. The smallest absolute Gasteiger partial charge is 0.201 e. The van der Waals surface area contributed by atoms with E-state index in [2.05, 4.69) is 64.7 Å². The maximum absolute atomic E-state index is 6.11. The number of nitrogens with zero attached hydrogens (tertiary/aromatic N) is 2. The summed E-state index contributed by atoms with van der Waals surface area (Å²) in [5.41, 5.74) is 3.22. The predicted octanol–water partition coefficient (Wildman–Crippen LogP) is 3.85. The highest BCUT2D eigenvalue weighted by molar-refractivity contribution is 6.01. The minimum absolute atomic E-state index is 0.316. The van der Waals surface area contributed by atoms with Crippen LogP contribution in [0.3, 0.4) is 0 Å². The molecule has 1 saturated heterocycles. The number of hydrogen-bond donors (Lipinski definition) is 0. The van der Waals surface area contributed by atoms with Crippen molar-refractivity contribution in [2.75, 3.05) is 13.1 Å². The van der Waals surface area contributed by atoms with Crippen molar-refractivity contribution in [2.24, 2.45) is 5.16 Å². The zero-order valence-electron chi connectivity index (χ0n) is 13.3. The van der Waals surface area contributed by atoms with E-state index >= 15 is 0 Å².